The van der Waals surface area contributed by atoms with Gasteiger partial charge in [0, 0.05) is 11.4 Å². The number of ketones is 1. The van der Waals surface area contributed by atoms with Gasteiger partial charge in [-0.15, -0.1) is 11.8 Å². The van der Waals surface area contributed by atoms with E-state index in [2.05, 4.69) is 10.6 Å². The summed E-state index contributed by atoms with van der Waals surface area (Å²) in [6.45, 7) is 3.99. The molecule has 0 aliphatic carbocycles. The number of thioether (sulfide) groups is 1. The molecule has 2 N–H and O–H groups in total. The maximum absolute atomic E-state index is 13.4. The summed E-state index contributed by atoms with van der Waals surface area (Å²) < 4.78 is 10.6. The SMILES string of the molecule is CC(C)CC(NC(=O)OCc1ccccc1)C(=O)NC(Cc1ccccc1Cl)C(=O)CSCc1ccco1. The van der Waals surface area contributed by atoms with Crippen molar-refractivity contribution in [2.24, 2.45) is 5.92 Å². The largest absolute Gasteiger partial charge is 0.468 e. The number of hydrogen-bond donors (Lipinski definition) is 2. The van der Waals surface area contributed by atoms with Crippen molar-refractivity contribution in [3.05, 3.63) is 94.9 Å². The van der Waals surface area contributed by atoms with Gasteiger partial charge < -0.3 is 19.8 Å². The number of alkyl carbamates (subject to hydrolysis) is 1. The van der Waals surface area contributed by atoms with Crippen LogP contribution in [0, 0.1) is 5.92 Å². The van der Waals surface area contributed by atoms with E-state index in [1.54, 1.807) is 18.4 Å². The molecule has 0 aliphatic rings. The highest BCUT2D eigenvalue weighted by Crippen LogP contribution is 2.19. The van der Waals surface area contributed by atoms with E-state index >= 15 is 0 Å². The van der Waals surface area contributed by atoms with Crippen LogP contribution in [0.25, 0.3) is 0 Å². The van der Waals surface area contributed by atoms with Crippen LogP contribution in [-0.4, -0.2) is 35.6 Å². The van der Waals surface area contributed by atoms with Crippen molar-refractivity contribution in [3.8, 4) is 0 Å². The van der Waals surface area contributed by atoms with E-state index in [4.69, 9.17) is 20.8 Å². The van der Waals surface area contributed by atoms with Gasteiger partial charge in [-0.1, -0.05) is 74.0 Å². The van der Waals surface area contributed by atoms with Crippen LogP contribution in [-0.2, 0) is 33.1 Å². The fraction of sp³-hybridized carbons (Fsp3) is 0.345. The highest BCUT2D eigenvalue weighted by atomic mass is 35.5. The van der Waals surface area contributed by atoms with Crippen LogP contribution in [0.1, 0.15) is 37.2 Å². The lowest BCUT2D eigenvalue weighted by molar-refractivity contribution is -0.128. The average molecular weight is 557 g/mol. The predicted molar refractivity (Wildman–Crippen MR) is 150 cm³/mol. The molecule has 3 aromatic rings. The van der Waals surface area contributed by atoms with E-state index in [1.807, 2.05) is 68.4 Å². The van der Waals surface area contributed by atoms with Crippen molar-refractivity contribution in [2.45, 2.75) is 51.1 Å². The lowest BCUT2D eigenvalue weighted by Gasteiger charge is -2.24. The molecule has 0 radical (unpaired) electrons. The molecule has 9 heteroatoms. The van der Waals surface area contributed by atoms with E-state index in [-0.39, 0.29) is 30.5 Å². The van der Waals surface area contributed by atoms with Crippen molar-refractivity contribution in [2.75, 3.05) is 5.75 Å². The fourth-order valence-electron chi connectivity index (χ4n) is 3.76. The first kappa shape index (κ1) is 29.3. The number of Topliss-reactive ketones (excluding diaryl/α,β-unsaturated/α-hetero) is 1. The molecule has 0 fully saturated rings. The Hall–Kier alpha value is -3.23. The van der Waals surface area contributed by atoms with Gasteiger partial charge in [-0.05, 0) is 41.7 Å². The van der Waals surface area contributed by atoms with E-state index in [0.29, 0.717) is 17.2 Å². The van der Waals surface area contributed by atoms with Gasteiger partial charge in [0.15, 0.2) is 5.78 Å². The first-order chi connectivity index (χ1) is 18.3. The second kappa shape index (κ2) is 15.2. The molecule has 7 nitrogen and oxygen atoms in total. The van der Waals surface area contributed by atoms with Gasteiger partial charge in [-0.2, -0.15) is 0 Å². The first-order valence-corrected chi connectivity index (χ1v) is 14.0. The lowest BCUT2D eigenvalue weighted by Crippen LogP contribution is -2.53. The minimum Gasteiger partial charge on any atom is -0.468 e. The van der Waals surface area contributed by atoms with Crippen molar-refractivity contribution in [3.63, 3.8) is 0 Å². The minimum atomic E-state index is -0.865. The van der Waals surface area contributed by atoms with Crippen molar-refractivity contribution in [1.82, 2.24) is 10.6 Å². The molecule has 0 saturated carbocycles. The third-order valence-corrected chi connectivity index (χ3v) is 7.03. The van der Waals surface area contributed by atoms with Gasteiger partial charge in [0.2, 0.25) is 5.91 Å². The zero-order valence-electron chi connectivity index (χ0n) is 21.5. The summed E-state index contributed by atoms with van der Waals surface area (Å²) in [6, 6.07) is 18.5. The smallest absolute Gasteiger partial charge is 0.408 e. The van der Waals surface area contributed by atoms with Crippen molar-refractivity contribution in [1.29, 1.82) is 0 Å². The standard InChI is InChI=1S/C29H33ClN2O5S/c1-20(2)15-26(32-29(35)37-17-21-9-4-3-5-10-21)28(34)31-25(16-22-11-6-7-13-24(22)30)27(33)19-38-18-23-12-8-14-36-23/h3-14,20,25-26H,15-19H2,1-2H3,(H,31,34)(H,32,35). The van der Waals surface area contributed by atoms with Crippen LogP contribution >= 0.6 is 23.4 Å². The van der Waals surface area contributed by atoms with E-state index in [1.165, 1.54) is 11.8 Å². The number of ether oxygens (including phenoxy) is 1. The zero-order chi connectivity index (χ0) is 27.3. The van der Waals surface area contributed by atoms with Crippen LogP contribution in [0.4, 0.5) is 4.79 Å². The molecule has 0 spiro atoms. The molecule has 38 heavy (non-hydrogen) atoms. The van der Waals surface area contributed by atoms with Gasteiger partial charge in [0.1, 0.15) is 18.4 Å². The molecular weight excluding hydrogens is 524 g/mol. The summed E-state index contributed by atoms with van der Waals surface area (Å²) in [4.78, 5) is 39.1. The Morgan fingerprint density at radius 1 is 0.947 bits per heavy atom. The number of amides is 2. The van der Waals surface area contributed by atoms with Crippen LogP contribution in [0.2, 0.25) is 5.02 Å². The van der Waals surface area contributed by atoms with Gasteiger partial charge in [-0.3, -0.25) is 9.59 Å². The molecule has 0 saturated heterocycles. The van der Waals surface area contributed by atoms with Crippen LogP contribution < -0.4 is 10.6 Å². The maximum Gasteiger partial charge on any atom is 0.408 e. The number of carbonyl (C=O) groups excluding carboxylic acids is 3. The normalized spacial score (nSPS) is 12.5. The maximum atomic E-state index is 13.4. The Morgan fingerprint density at radius 3 is 2.37 bits per heavy atom. The monoisotopic (exact) mass is 556 g/mol. The molecular formula is C29H33ClN2O5S. The Balaban J connectivity index is 1.66. The quantitative estimate of drug-likeness (QED) is 0.260. The highest BCUT2D eigenvalue weighted by Gasteiger charge is 2.28. The lowest BCUT2D eigenvalue weighted by atomic mass is 10.00. The second-order valence-corrected chi connectivity index (χ2v) is 10.7. The number of rotatable bonds is 14. The number of furan rings is 1. The number of nitrogens with one attached hydrogen (secondary N) is 2. The number of hydrogen-bond acceptors (Lipinski definition) is 6. The van der Waals surface area contributed by atoms with E-state index in [0.717, 1.165) is 16.9 Å². The summed E-state index contributed by atoms with van der Waals surface area (Å²) >= 11 is 7.76. The molecule has 2 unspecified atom stereocenters. The molecule has 2 atom stereocenters. The van der Waals surface area contributed by atoms with E-state index in [9.17, 15) is 14.4 Å². The van der Waals surface area contributed by atoms with Gasteiger partial charge in [-0.25, -0.2) is 4.79 Å². The summed E-state index contributed by atoms with van der Waals surface area (Å²) in [5, 5.41) is 6.06. The molecule has 2 aromatic carbocycles. The van der Waals surface area contributed by atoms with Crippen molar-refractivity contribution >= 4 is 41.1 Å². The number of halogens is 1. The molecule has 0 bridgehead atoms. The summed E-state index contributed by atoms with van der Waals surface area (Å²) in [6.07, 6.45) is 1.51. The third-order valence-electron chi connectivity index (χ3n) is 5.68. The molecule has 3 rings (SSSR count). The minimum absolute atomic E-state index is 0.0865. The van der Waals surface area contributed by atoms with Crippen LogP contribution in [0.3, 0.4) is 0 Å². The van der Waals surface area contributed by atoms with Gasteiger partial charge in [0.25, 0.3) is 0 Å². The van der Waals surface area contributed by atoms with Gasteiger partial charge in [0.05, 0.1) is 23.8 Å². The molecule has 0 aliphatic heterocycles. The summed E-state index contributed by atoms with van der Waals surface area (Å²) in [5.41, 5.74) is 1.59. The molecule has 202 valence electrons. The first-order valence-electron chi connectivity index (χ1n) is 12.5. The second-order valence-electron chi connectivity index (χ2n) is 9.28. The molecule has 2 amide bonds. The summed E-state index contributed by atoms with van der Waals surface area (Å²) in [7, 11) is 0. The Bertz CT molecular complexity index is 1170. The summed E-state index contributed by atoms with van der Waals surface area (Å²) in [5.74, 6) is 1.00. The topological polar surface area (TPSA) is 97.6 Å². The Labute approximate surface area is 232 Å². The highest BCUT2D eigenvalue weighted by molar-refractivity contribution is 7.99. The fourth-order valence-corrected chi connectivity index (χ4v) is 4.84. The van der Waals surface area contributed by atoms with Crippen LogP contribution in [0.5, 0.6) is 0 Å². The molecule has 1 heterocycles. The Morgan fingerprint density at radius 2 is 1.68 bits per heavy atom. The zero-order valence-corrected chi connectivity index (χ0v) is 23.1. The predicted octanol–water partition coefficient (Wildman–Crippen LogP) is 5.80. The Kier molecular flexibility index (Phi) is 11.8. The number of benzene rings is 2. The average Bonchev–Trinajstić information content (AvgIpc) is 3.42. The van der Waals surface area contributed by atoms with Gasteiger partial charge >= 0.3 is 6.09 Å². The van der Waals surface area contributed by atoms with Crippen LogP contribution in [0.15, 0.2) is 77.4 Å². The van der Waals surface area contributed by atoms with E-state index < -0.39 is 24.1 Å². The third kappa shape index (κ3) is 9.91. The molecule has 1 aromatic heterocycles. The van der Waals surface area contributed by atoms with Crippen molar-refractivity contribution < 1.29 is 23.5 Å². The number of carbonyl (C=O) groups is 3.